The Morgan fingerprint density at radius 3 is 2.38 bits per heavy atom. The molecule has 2 heterocycles. The zero-order valence-electron chi connectivity index (χ0n) is 12.3. The average molecular weight is 356 g/mol. The number of tetrazole rings is 1. The number of hydrogen-bond donors (Lipinski definition) is 1. The zero-order valence-corrected chi connectivity index (χ0v) is 13.9. The monoisotopic (exact) mass is 356 g/mol. The van der Waals surface area contributed by atoms with Gasteiger partial charge in [0.2, 0.25) is 5.22 Å². The van der Waals surface area contributed by atoms with Crippen LogP contribution in [-0.4, -0.2) is 25.7 Å². The topological polar surface area (TPSA) is 85.5 Å². The Morgan fingerprint density at radius 1 is 0.917 bits per heavy atom. The number of H-pyrrole nitrogens is 1. The van der Waals surface area contributed by atoms with E-state index in [1.165, 1.54) is 21.6 Å². The second-order valence-electron chi connectivity index (χ2n) is 4.73. The van der Waals surface area contributed by atoms with E-state index in [1.807, 2.05) is 65.3 Å². The van der Waals surface area contributed by atoms with E-state index in [2.05, 4.69) is 31.1 Å². The highest BCUT2D eigenvalue weighted by Crippen LogP contribution is 2.37. The van der Waals surface area contributed by atoms with Crippen molar-refractivity contribution in [2.45, 2.75) is 10.7 Å². The van der Waals surface area contributed by atoms with Crippen molar-refractivity contribution in [3.63, 3.8) is 0 Å². The largest absolute Gasteiger partial charge is 0.375 e. The van der Waals surface area contributed by atoms with Gasteiger partial charge >= 0.3 is 10.7 Å². The van der Waals surface area contributed by atoms with Gasteiger partial charge in [0.1, 0.15) is 10.8 Å². The predicted octanol–water partition coefficient (Wildman–Crippen LogP) is 3.28. The van der Waals surface area contributed by atoms with Crippen molar-refractivity contribution in [3.8, 4) is 5.69 Å². The predicted molar refractivity (Wildman–Crippen MR) is 88.8 cm³/mol. The lowest BCUT2D eigenvalue weighted by molar-refractivity contribution is -0.697. The highest BCUT2D eigenvalue weighted by molar-refractivity contribution is 8.76. The van der Waals surface area contributed by atoms with Crippen LogP contribution in [0.4, 0.5) is 5.69 Å². The van der Waals surface area contributed by atoms with Crippen molar-refractivity contribution < 1.29 is 9.38 Å². The highest BCUT2D eigenvalue weighted by Gasteiger charge is 2.31. The van der Waals surface area contributed by atoms with Crippen LogP contribution in [0.5, 0.6) is 0 Å². The van der Waals surface area contributed by atoms with Gasteiger partial charge in [0.05, 0.1) is 0 Å². The van der Waals surface area contributed by atoms with Crippen molar-refractivity contribution in [2.24, 2.45) is 15.6 Å². The minimum atomic E-state index is -0.252. The first-order chi connectivity index (χ1) is 11.9. The molecule has 0 amide bonds. The Balaban J connectivity index is 1.49. The van der Waals surface area contributed by atoms with Crippen molar-refractivity contribution in [3.05, 3.63) is 60.7 Å². The van der Waals surface area contributed by atoms with E-state index in [-0.39, 0.29) is 5.50 Å². The fourth-order valence-corrected chi connectivity index (χ4v) is 4.10. The first-order valence-electron chi connectivity index (χ1n) is 7.09. The summed E-state index contributed by atoms with van der Waals surface area (Å²) in [7, 11) is 2.96. The van der Waals surface area contributed by atoms with Crippen molar-refractivity contribution in [1.29, 1.82) is 0 Å². The molecule has 0 fully saturated rings. The number of benzene rings is 2. The molecule has 1 aliphatic heterocycles. The maximum Gasteiger partial charge on any atom is 0.375 e. The van der Waals surface area contributed by atoms with Gasteiger partial charge in [0.15, 0.2) is 16.1 Å². The lowest BCUT2D eigenvalue weighted by Crippen LogP contribution is -2.34. The van der Waals surface area contributed by atoms with Crippen LogP contribution in [0.3, 0.4) is 0 Å². The molecule has 8 nitrogen and oxygen atoms in total. The third-order valence-electron chi connectivity index (χ3n) is 3.21. The quantitative estimate of drug-likeness (QED) is 0.561. The summed E-state index contributed by atoms with van der Waals surface area (Å²) in [4.78, 5) is 0. The smallest absolute Gasteiger partial charge is 0.117 e. The molecule has 1 aliphatic rings. The molecule has 4 rings (SSSR count). The molecule has 2 aromatic carbocycles. The lowest BCUT2D eigenvalue weighted by Gasteiger charge is -2.03. The molecule has 1 aromatic heterocycles. The number of nitrogens with one attached hydrogen (secondary N) is 1. The van der Waals surface area contributed by atoms with E-state index in [1.54, 1.807) is 4.70 Å². The summed E-state index contributed by atoms with van der Waals surface area (Å²) < 4.78 is 3.58. The molecule has 0 bridgehead atoms. The van der Waals surface area contributed by atoms with Crippen molar-refractivity contribution in [2.75, 3.05) is 0 Å². The molecule has 0 aliphatic carbocycles. The number of aromatic nitrogens is 4. The molecule has 0 saturated carbocycles. The molecule has 118 valence electrons. The van der Waals surface area contributed by atoms with Gasteiger partial charge in [-0.25, -0.2) is 0 Å². The van der Waals surface area contributed by atoms with E-state index >= 15 is 0 Å². The molecular formula is C14H12N8S2+2. The molecule has 0 radical (unpaired) electrons. The molecule has 24 heavy (non-hydrogen) atoms. The van der Waals surface area contributed by atoms with Crippen LogP contribution in [0.2, 0.25) is 0 Å². The Labute approximate surface area is 145 Å². The number of aromatic amines is 1. The molecule has 1 unspecified atom stereocenters. The van der Waals surface area contributed by atoms with Crippen LogP contribution in [0.1, 0.15) is 0 Å². The number of nitrogens with zero attached hydrogens (tertiary/aromatic N) is 7. The average Bonchev–Trinajstić information content (AvgIpc) is 3.30. The second-order valence-corrected chi connectivity index (χ2v) is 6.96. The third kappa shape index (κ3) is 3.05. The van der Waals surface area contributed by atoms with E-state index in [0.717, 1.165) is 16.5 Å². The van der Waals surface area contributed by atoms with Crippen molar-refractivity contribution in [1.82, 2.24) is 15.5 Å². The van der Waals surface area contributed by atoms with E-state index < -0.39 is 0 Å². The van der Waals surface area contributed by atoms with Gasteiger partial charge < -0.3 is 0 Å². The van der Waals surface area contributed by atoms with Crippen LogP contribution in [-0.2, 0) is 0 Å². The van der Waals surface area contributed by atoms with Gasteiger partial charge in [-0.05, 0) is 35.1 Å². The Bertz CT molecular complexity index is 878. The Hall–Kier alpha value is -2.59. The number of rotatable bonds is 5. The maximum absolute atomic E-state index is 4.15. The molecule has 0 saturated heterocycles. The standard InChI is InChI=1S/C14H11N8S2/c1-3-7-11(8-4-1)21-13(15-17-19-21)23-24-14-16-18-20-22(14)12-9-5-2-6-10-12/h1-10,13H/q+1/p+1. The van der Waals surface area contributed by atoms with Crippen LogP contribution < -0.4 is 4.68 Å². The van der Waals surface area contributed by atoms with Crippen LogP contribution in [0.25, 0.3) is 5.69 Å². The molecule has 3 aromatic rings. The summed E-state index contributed by atoms with van der Waals surface area (Å²) in [6, 6.07) is 19.7. The SMILES string of the molecule is c1ccc([N+]2=NN=NC2SSc2nn[nH][n+]2-c2ccccc2)cc1. The van der Waals surface area contributed by atoms with Gasteiger partial charge in [-0.2, -0.15) is 0 Å². The minimum Gasteiger partial charge on any atom is -0.117 e. The Morgan fingerprint density at radius 2 is 1.62 bits per heavy atom. The third-order valence-corrected chi connectivity index (χ3v) is 5.44. The Kier molecular flexibility index (Phi) is 4.30. The van der Waals surface area contributed by atoms with Crippen LogP contribution >= 0.6 is 21.6 Å². The first kappa shape index (κ1) is 15.0. The fourth-order valence-electron chi connectivity index (χ4n) is 2.11. The molecule has 10 heteroatoms. The number of hydrogen-bond acceptors (Lipinski definition) is 7. The highest BCUT2D eigenvalue weighted by atomic mass is 33.1. The zero-order chi connectivity index (χ0) is 16.2. The summed E-state index contributed by atoms with van der Waals surface area (Å²) in [5.74, 6) is 0. The van der Waals surface area contributed by atoms with Gasteiger partial charge in [-0.3, -0.25) is 0 Å². The van der Waals surface area contributed by atoms with Crippen LogP contribution in [0.15, 0.2) is 81.4 Å². The summed E-state index contributed by atoms with van der Waals surface area (Å²) in [5.41, 5.74) is 1.65. The molecular weight excluding hydrogens is 344 g/mol. The lowest BCUT2D eigenvalue weighted by atomic mass is 10.3. The molecule has 1 N–H and O–H groups in total. The summed E-state index contributed by atoms with van der Waals surface area (Å²) >= 11 is 0. The first-order valence-corrected chi connectivity index (χ1v) is 9.30. The molecule has 1 atom stereocenters. The summed E-state index contributed by atoms with van der Waals surface area (Å²) in [6.07, 6.45) is 0. The fraction of sp³-hybridized carbons (Fsp3) is 0.0714. The van der Waals surface area contributed by atoms with E-state index in [9.17, 15) is 0 Å². The number of para-hydroxylation sites is 2. The van der Waals surface area contributed by atoms with Gasteiger partial charge in [0.25, 0.3) is 0 Å². The van der Waals surface area contributed by atoms with Crippen molar-refractivity contribution >= 4 is 27.3 Å². The van der Waals surface area contributed by atoms with Gasteiger partial charge in [0, 0.05) is 15.9 Å². The normalized spacial score (nSPS) is 16.3. The maximum atomic E-state index is 4.15. The second kappa shape index (κ2) is 6.89. The van der Waals surface area contributed by atoms with E-state index in [4.69, 9.17) is 0 Å². The van der Waals surface area contributed by atoms with Crippen LogP contribution in [0, 0.1) is 0 Å². The summed E-state index contributed by atoms with van der Waals surface area (Å²) in [6.45, 7) is 0. The van der Waals surface area contributed by atoms with Gasteiger partial charge in [-0.15, -0.1) is 4.68 Å². The summed E-state index contributed by atoms with van der Waals surface area (Å²) in [5, 5.41) is 23.6. The minimum absolute atomic E-state index is 0.252. The van der Waals surface area contributed by atoms with E-state index in [0.29, 0.717) is 0 Å². The molecule has 0 spiro atoms. The van der Waals surface area contributed by atoms with Gasteiger partial charge in [-0.1, -0.05) is 46.3 Å².